The van der Waals surface area contributed by atoms with Crippen LogP contribution in [0.15, 0.2) is 30.3 Å². The molecule has 0 aliphatic rings. The molecule has 6 nitrogen and oxygen atoms in total. The fourth-order valence-corrected chi connectivity index (χ4v) is 1.72. The minimum Gasteiger partial charge on any atom is -0.478 e. The number of ether oxygens (including phenoxy) is 2. The average Bonchev–Trinajstić information content (AvgIpc) is 2.40. The SMILES string of the molecule is N#COc1cc(C(=O)O)cc2c(OC#N)cccc12. The van der Waals surface area contributed by atoms with Crippen molar-refractivity contribution < 1.29 is 19.4 Å². The monoisotopic (exact) mass is 254 g/mol. The maximum absolute atomic E-state index is 11.0. The molecule has 0 atom stereocenters. The molecule has 2 aromatic rings. The molecular weight excluding hydrogens is 248 g/mol. The van der Waals surface area contributed by atoms with Crippen molar-refractivity contribution in [2.75, 3.05) is 0 Å². The van der Waals surface area contributed by atoms with Crippen LogP contribution in [0.2, 0.25) is 0 Å². The number of hydrogen-bond donors (Lipinski definition) is 1. The molecule has 0 saturated heterocycles. The van der Waals surface area contributed by atoms with Gasteiger partial charge >= 0.3 is 5.97 Å². The normalized spacial score (nSPS) is 9.37. The maximum Gasteiger partial charge on any atom is 0.335 e. The Morgan fingerprint density at radius 3 is 2.37 bits per heavy atom. The first-order chi connectivity index (χ1) is 9.17. The molecule has 0 aliphatic heterocycles. The van der Waals surface area contributed by atoms with Gasteiger partial charge in [0.05, 0.1) is 5.56 Å². The number of carboxylic acid groups (broad SMARTS) is 1. The summed E-state index contributed by atoms with van der Waals surface area (Å²) in [7, 11) is 0. The predicted molar refractivity (Wildman–Crippen MR) is 63.4 cm³/mol. The standard InChI is InChI=1S/C13H6N2O4/c14-6-18-11-3-1-2-9-10(11)4-8(13(16)17)5-12(9)19-7-15/h1-5H,(H,16,17). The molecule has 0 aromatic heterocycles. The number of carbonyl (C=O) groups is 1. The van der Waals surface area contributed by atoms with Gasteiger partial charge in [-0.3, -0.25) is 0 Å². The molecule has 0 amide bonds. The van der Waals surface area contributed by atoms with Gasteiger partial charge in [0, 0.05) is 10.8 Å². The summed E-state index contributed by atoms with van der Waals surface area (Å²) in [6, 6.07) is 7.36. The van der Waals surface area contributed by atoms with Crippen LogP contribution in [-0.2, 0) is 0 Å². The number of carboxylic acids is 1. The van der Waals surface area contributed by atoms with E-state index >= 15 is 0 Å². The highest BCUT2D eigenvalue weighted by molar-refractivity contribution is 6.00. The third kappa shape index (κ3) is 2.24. The third-order valence-corrected chi connectivity index (χ3v) is 2.48. The molecule has 6 heteroatoms. The van der Waals surface area contributed by atoms with Crippen LogP contribution in [0.1, 0.15) is 10.4 Å². The summed E-state index contributed by atoms with van der Waals surface area (Å²) in [6.07, 6.45) is 3.02. The molecule has 19 heavy (non-hydrogen) atoms. The van der Waals surface area contributed by atoms with Crippen LogP contribution in [0.25, 0.3) is 10.8 Å². The molecule has 0 bridgehead atoms. The molecule has 0 radical (unpaired) electrons. The van der Waals surface area contributed by atoms with E-state index in [0.717, 1.165) is 0 Å². The summed E-state index contributed by atoms with van der Waals surface area (Å²) in [4.78, 5) is 11.0. The first-order valence-corrected chi connectivity index (χ1v) is 5.09. The molecule has 2 rings (SSSR count). The van der Waals surface area contributed by atoms with Crippen molar-refractivity contribution >= 4 is 16.7 Å². The van der Waals surface area contributed by atoms with E-state index in [-0.39, 0.29) is 17.1 Å². The van der Waals surface area contributed by atoms with E-state index in [2.05, 4.69) is 0 Å². The average molecular weight is 254 g/mol. The lowest BCUT2D eigenvalue weighted by molar-refractivity contribution is 0.0696. The Bertz CT molecular complexity index is 741. The second-order valence-electron chi connectivity index (χ2n) is 3.52. The van der Waals surface area contributed by atoms with Crippen LogP contribution < -0.4 is 9.47 Å². The van der Waals surface area contributed by atoms with Gasteiger partial charge in [-0.15, -0.1) is 10.5 Å². The van der Waals surface area contributed by atoms with E-state index in [1.807, 2.05) is 0 Å². The lowest BCUT2D eigenvalue weighted by atomic mass is 10.0. The predicted octanol–water partition coefficient (Wildman–Crippen LogP) is 2.26. The number of rotatable bonds is 3. The summed E-state index contributed by atoms with van der Waals surface area (Å²) in [5, 5.41) is 27.0. The maximum atomic E-state index is 11.0. The quantitative estimate of drug-likeness (QED) is 0.842. The number of hydrogen-bond acceptors (Lipinski definition) is 5. The minimum absolute atomic E-state index is 0.0632. The molecule has 2 aromatic carbocycles. The highest BCUT2D eigenvalue weighted by atomic mass is 16.5. The Kier molecular flexibility index (Phi) is 3.18. The van der Waals surface area contributed by atoms with Gasteiger partial charge in [-0.2, -0.15) is 0 Å². The van der Waals surface area contributed by atoms with Crippen molar-refractivity contribution in [2.24, 2.45) is 0 Å². The summed E-state index contributed by atoms with van der Waals surface area (Å²) in [6.45, 7) is 0. The molecule has 0 heterocycles. The third-order valence-electron chi connectivity index (χ3n) is 2.48. The van der Waals surface area contributed by atoms with E-state index < -0.39 is 5.97 Å². The van der Waals surface area contributed by atoms with Crippen molar-refractivity contribution in [3.63, 3.8) is 0 Å². The van der Waals surface area contributed by atoms with Gasteiger partial charge in [-0.05, 0) is 18.2 Å². The number of nitrogens with zero attached hydrogens (tertiary/aromatic N) is 2. The summed E-state index contributed by atoms with van der Waals surface area (Å²) in [5.41, 5.74) is -0.0632. The van der Waals surface area contributed by atoms with E-state index in [1.165, 1.54) is 30.7 Å². The van der Waals surface area contributed by atoms with Gasteiger partial charge in [0.25, 0.3) is 12.5 Å². The van der Waals surface area contributed by atoms with Crippen LogP contribution in [-0.4, -0.2) is 11.1 Å². The second-order valence-corrected chi connectivity index (χ2v) is 3.52. The first kappa shape index (κ1) is 12.2. The van der Waals surface area contributed by atoms with Crippen LogP contribution in [0.5, 0.6) is 11.5 Å². The molecule has 0 spiro atoms. The number of benzene rings is 2. The van der Waals surface area contributed by atoms with Gasteiger partial charge in [0.15, 0.2) is 5.75 Å². The Balaban J connectivity index is 2.80. The fourth-order valence-electron chi connectivity index (χ4n) is 1.72. The lowest BCUT2D eigenvalue weighted by Crippen LogP contribution is -1.98. The van der Waals surface area contributed by atoms with Gasteiger partial charge in [0.2, 0.25) is 0 Å². The zero-order valence-electron chi connectivity index (χ0n) is 9.45. The lowest BCUT2D eigenvalue weighted by Gasteiger charge is -2.07. The fraction of sp³-hybridized carbons (Fsp3) is 0. The smallest absolute Gasteiger partial charge is 0.335 e. The molecule has 0 aliphatic carbocycles. The van der Waals surface area contributed by atoms with E-state index in [1.54, 1.807) is 12.1 Å². The van der Waals surface area contributed by atoms with Crippen LogP contribution >= 0.6 is 0 Å². The van der Waals surface area contributed by atoms with Crippen molar-refractivity contribution in [3.05, 3.63) is 35.9 Å². The molecule has 92 valence electrons. The zero-order valence-corrected chi connectivity index (χ0v) is 9.45. The van der Waals surface area contributed by atoms with Gasteiger partial charge in [-0.25, -0.2) is 4.79 Å². The molecule has 0 unspecified atom stereocenters. The van der Waals surface area contributed by atoms with Crippen LogP contribution in [0.4, 0.5) is 0 Å². The first-order valence-electron chi connectivity index (χ1n) is 5.09. The van der Waals surface area contributed by atoms with Gasteiger partial charge in [0.1, 0.15) is 5.75 Å². The van der Waals surface area contributed by atoms with Gasteiger partial charge in [-0.1, -0.05) is 12.1 Å². The van der Waals surface area contributed by atoms with E-state index in [4.69, 9.17) is 25.1 Å². The molecular formula is C13H6N2O4. The topological polar surface area (TPSA) is 103 Å². The van der Waals surface area contributed by atoms with E-state index in [0.29, 0.717) is 10.8 Å². The molecule has 0 fully saturated rings. The van der Waals surface area contributed by atoms with Crippen molar-refractivity contribution in [1.29, 1.82) is 10.5 Å². The van der Waals surface area contributed by atoms with E-state index in [9.17, 15) is 4.79 Å². The van der Waals surface area contributed by atoms with Crippen LogP contribution in [0, 0.1) is 23.0 Å². The Morgan fingerprint density at radius 1 is 1.05 bits per heavy atom. The van der Waals surface area contributed by atoms with Gasteiger partial charge < -0.3 is 14.6 Å². The zero-order chi connectivity index (χ0) is 13.8. The highest BCUT2D eigenvalue weighted by Gasteiger charge is 2.13. The number of aromatic carboxylic acids is 1. The minimum atomic E-state index is -1.17. The van der Waals surface area contributed by atoms with Crippen molar-refractivity contribution in [3.8, 4) is 24.0 Å². The summed E-state index contributed by atoms with van der Waals surface area (Å²) in [5.74, 6) is -0.872. The Labute approximate surface area is 107 Å². The van der Waals surface area contributed by atoms with Crippen molar-refractivity contribution in [1.82, 2.24) is 0 Å². The summed E-state index contributed by atoms with van der Waals surface area (Å²) < 4.78 is 9.51. The summed E-state index contributed by atoms with van der Waals surface area (Å²) >= 11 is 0. The Morgan fingerprint density at radius 2 is 1.74 bits per heavy atom. The van der Waals surface area contributed by atoms with Crippen molar-refractivity contribution in [2.45, 2.75) is 0 Å². The Hall–Kier alpha value is -3.25. The highest BCUT2D eigenvalue weighted by Crippen LogP contribution is 2.33. The van der Waals surface area contributed by atoms with Crippen LogP contribution in [0.3, 0.4) is 0 Å². The second kappa shape index (κ2) is 4.94. The largest absolute Gasteiger partial charge is 0.478 e. The number of nitriles is 2. The molecule has 1 N–H and O–H groups in total. The molecule has 0 saturated carbocycles. The number of fused-ring (bicyclic) bond motifs is 1.